The smallest absolute Gasteiger partial charge is 0.303 e. The summed E-state index contributed by atoms with van der Waals surface area (Å²) >= 11 is 0. The summed E-state index contributed by atoms with van der Waals surface area (Å²) in [5, 5.41) is 18.9. The standard InChI is InChI=1S/C21H34N2O4.CH2O2/c24-19(25)8-4-5-11-23-13-17-16(18-9-10-21(17,14-23)27-18)12-22-20(26)15-6-2-1-3-7-15;2-1-3/h15-18H,1-14H2,(H,22,26)(H,24,25);1H,(H,2,3)/t16-,17+,18+,21+;/m0./s1. The van der Waals surface area contributed by atoms with Gasteiger partial charge in [-0.3, -0.25) is 14.4 Å². The lowest BCUT2D eigenvalue weighted by Gasteiger charge is -2.30. The first-order chi connectivity index (χ1) is 14.5. The van der Waals surface area contributed by atoms with Crippen molar-refractivity contribution in [2.75, 3.05) is 26.2 Å². The minimum Gasteiger partial charge on any atom is -0.483 e. The third kappa shape index (κ3) is 5.32. The van der Waals surface area contributed by atoms with Crippen molar-refractivity contribution in [2.45, 2.75) is 75.9 Å². The quantitative estimate of drug-likeness (QED) is 0.404. The summed E-state index contributed by atoms with van der Waals surface area (Å²) in [5.41, 5.74) is -0.00228. The number of unbranched alkanes of at least 4 members (excludes halogenated alkanes) is 1. The van der Waals surface area contributed by atoms with Crippen molar-refractivity contribution in [1.29, 1.82) is 0 Å². The molecule has 4 aliphatic rings. The van der Waals surface area contributed by atoms with E-state index in [1.54, 1.807) is 0 Å². The minimum atomic E-state index is -0.706. The number of carbonyl (C=O) groups is 3. The van der Waals surface area contributed by atoms with Gasteiger partial charge < -0.3 is 25.2 Å². The Kier molecular flexibility index (Phi) is 8.11. The van der Waals surface area contributed by atoms with Crippen LogP contribution in [0.1, 0.15) is 64.2 Å². The summed E-state index contributed by atoms with van der Waals surface area (Å²) < 4.78 is 6.46. The van der Waals surface area contributed by atoms with Crippen molar-refractivity contribution in [1.82, 2.24) is 10.2 Å². The maximum absolute atomic E-state index is 12.5. The lowest BCUT2D eigenvalue weighted by molar-refractivity contribution is -0.137. The molecule has 3 saturated heterocycles. The van der Waals surface area contributed by atoms with Crippen LogP contribution in [0.4, 0.5) is 0 Å². The van der Waals surface area contributed by atoms with E-state index in [4.69, 9.17) is 19.7 Å². The average Bonchev–Trinajstić information content (AvgIpc) is 3.39. The van der Waals surface area contributed by atoms with Crippen LogP contribution in [0.2, 0.25) is 0 Å². The van der Waals surface area contributed by atoms with Gasteiger partial charge in [0.2, 0.25) is 5.91 Å². The maximum atomic E-state index is 12.5. The molecule has 3 N–H and O–H groups in total. The summed E-state index contributed by atoms with van der Waals surface area (Å²) in [7, 11) is 0. The highest BCUT2D eigenvalue weighted by Crippen LogP contribution is 2.54. The Balaban J connectivity index is 0.000000806. The van der Waals surface area contributed by atoms with E-state index in [0.29, 0.717) is 17.9 Å². The molecule has 4 rings (SSSR count). The first kappa shape index (κ1) is 23.0. The second kappa shape index (κ2) is 10.6. The normalized spacial score (nSPS) is 32.9. The number of hydrogen-bond acceptors (Lipinski definition) is 5. The van der Waals surface area contributed by atoms with Crippen molar-refractivity contribution in [2.24, 2.45) is 17.8 Å². The largest absolute Gasteiger partial charge is 0.483 e. The summed E-state index contributed by atoms with van der Waals surface area (Å²) in [4.78, 5) is 34.0. The SMILES string of the molecule is O=C(O)CCCCN1C[C@@H]2[C@H](CNC(=O)C3CCCCC3)[C@H]3CC[C@]2(C1)O3.O=CO. The fourth-order valence-electron chi connectivity index (χ4n) is 6.07. The molecule has 1 aliphatic carbocycles. The van der Waals surface area contributed by atoms with E-state index in [0.717, 1.165) is 64.7 Å². The Bertz CT molecular complexity index is 608. The Morgan fingerprint density at radius 1 is 1.17 bits per heavy atom. The van der Waals surface area contributed by atoms with E-state index < -0.39 is 5.97 Å². The van der Waals surface area contributed by atoms with E-state index in [1.165, 1.54) is 19.3 Å². The molecule has 3 heterocycles. The van der Waals surface area contributed by atoms with Crippen LogP contribution in [-0.2, 0) is 19.1 Å². The number of nitrogens with zero attached hydrogens (tertiary/aromatic N) is 1. The van der Waals surface area contributed by atoms with Crippen LogP contribution in [0.15, 0.2) is 0 Å². The van der Waals surface area contributed by atoms with Gasteiger partial charge in [0.25, 0.3) is 6.47 Å². The van der Waals surface area contributed by atoms with Crippen molar-refractivity contribution >= 4 is 18.3 Å². The van der Waals surface area contributed by atoms with E-state index in [2.05, 4.69) is 10.2 Å². The molecule has 30 heavy (non-hydrogen) atoms. The number of nitrogens with one attached hydrogen (secondary N) is 1. The van der Waals surface area contributed by atoms with Gasteiger partial charge in [-0.05, 0) is 45.1 Å². The monoisotopic (exact) mass is 424 g/mol. The Labute approximate surface area is 178 Å². The molecule has 1 amide bonds. The summed E-state index contributed by atoms with van der Waals surface area (Å²) in [6.07, 6.45) is 10.3. The number of fused-ring (bicyclic) bond motifs is 1. The highest BCUT2D eigenvalue weighted by atomic mass is 16.5. The van der Waals surface area contributed by atoms with Crippen LogP contribution in [0.25, 0.3) is 0 Å². The fourth-order valence-corrected chi connectivity index (χ4v) is 6.07. The van der Waals surface area contributed by atoms with Gasteiger partial charge in [-0.1, -0.05) is 19.3 Å². The summed E-state index contributed by atoms with van der Waals surface area (Å²) in [6, 6.07) is 0. The number of ether oxygens (including phenoxy) is 1. The maximum Gasteiger partial charge on any atom is 0.303 e. The van der Waals surface area contributed by atoms with Crippen molar-refractivity contribution < 1.29 is 29.3 Å². The number of hydrogen-bond donors (Lipinski definition) is 3. The number of carbonyl (C=O) groups excluding carboxylic acids is 1. The Hall–Kier alpha value is -1.67. The van der Waals surface area contributed by atoms with Gasteiger partial charge >= 0.3 is 5.97 Å². The first-order valence-electron chi connectivity index (χ1n) is 11.5. The number of carboxylic acids is 1. The molecule has 0 unspecified atom stereocenters. The molecule has 4 fully saturated rings. The van der Waals surface area contributed by atoms with Crippen LogP contribution >= 0.6 is 0 Å². The van der Waals surface area contributed by atoms with Gasteiger partial charge in [0.05, 0.1) is 11.7 Å². The van der Waals surface area contributed by atoms with Gasteiger partial charge in [-0.2, -0.15) is 0 Å². The Morgan fingerprint density at radius 3 is 2.60 bits per heavy atom. The van der Waals surface area contributed by atoms with Crippen LogP contribution in [-0.4, -0.2) is 71.3 Å². The van der Waals surface area contributed by atoms with E-state index >= 15 is 0 Å². The molecule has 8 heteroatoms. The highest BCUT2D eigenvalue weighted by molar-refractivity contribution is 5.78. The highest BCUT2D eigenvalue weighted by Gasteiger charge is 2.62. The molecule has 0 radical (unpaired) electrons. The average molecular weight is 425 g/mol. The van der Waals surface area contributed by atoms with Crippen molar-refractivity contribution in [3.05, 3.63) is 0 Å². The molecule has 3 aliphatic heterocycles. The molecule has 170 valence electrons. The summed E-state index contributed by atoms with van der Waals surface area (Å²) in [5.74, 6) is 0.733. The van der Waals surface area contributed by atoms with E-state index in [9.17, 15) is 9.59 Å². The number of amides is 1. The van der Waals surface area contributed by atoms with Crippen LogP contribution in [0, 0.1) is 17.8 Å². The second-order valence-corrected chi connectivity index (χ2v) is 9.30. The first-order valence-corrected chi connectivity index (χ1v) is 11.5. The van der Waals surface area contributed by atoms with Crippen molar-refractivity contribution in [3.8, 4) is 0 Å². The number of rotatable bonds is 8. The van der Waals surface area contributed by atoms with Gasteiger partial charge in [0.1, 0.15) is 0 Å². The molecule has 0 aromatic heterocycles. The topological polar surface area (TPSA) is 116 Å². The molecule has 8 nitrogen and oxygen atoms in total. The molecule has 1 saturated carbocycles. The third-order valence-corrected chi connectivity index (χ3v) is 7.46. The van der Waals surface area contributed by atoms with Crippen LogP contribution in [0.3, 0.4) is 0 Å². The predicted octanol–water partition coefficient (Wildman–Crippen LogP) is 2.12. The zero-order chi connectivity index (χ0) is 21.6. The van der Waals surface area contributed by atoms with Gasteiger partial charge in [-0.15, -0.1) is 0 Å². The van der Waals surface area contributed by atoms with Gasteiger partial charge in [-0.25, -0.2) is 0 Å². The number of likely N-dealkylation sites (tertiary alicyclic amines) is 1. The van der Waals surface area contributed by atoms with E-state index in [1.807, 2.05) is 0 Å². The second-order valence-electron chi connectivity index (χ2n) is 9.30. The predicted molar refractivity (Wildman–Crippen MR) is 110 cm³/mol. The number of aliphatic carboxylic acids is 1. The molecular weight excluding hydrogens is 388 g/mol. The fraction of sp³-hybridized carbons (Fsp3) is 0.864. The van der Waals surface area contributed by atoms with E-state index in [-0.39, 0.29) is 30.3 Å². The molecule has 0 aromatic carbocycles. The summed E-state index contributed by atoms with van der Waals surface area (Å²) in [6.45, 7) is 3.49. The number of carboxylic acid groups (broad SMARTS) is 2. The molecule has 4 atom stereocenters. The Morgan fingerprint density at radius 2 is 1.90 bits per heavy atom. The van der Waals surface area contributed by atoms with Crippen LogP contribution in [0.5, 0.6) is 0 Å². The van der Waals surface area contributed by atoms with Gasteiger partial charge in [0.15, 0.2) is 0 Å². The lowest BCUT2D eigenvalue weighted by Crippen LogP contribution is -2.43. The third-order valence-electron chi connectivity index (χ3n) is 7.46. The lowest BCUT2D eigenvalue weighted by atomic mass is 9.73. The zero-order valence-corrected chi connectivity index (χ0v) is 17.8. The minimum absolute atomic E-state index is 0.00228. The van der Waals surface area contributed by atoms with Gasteiger partial charge in [0, 0.05) is 43.8 Å². The molecular formula is C22H36N2O6. The molecule has 2 bridgehead atoms. The molecule has 1 spiro atoms. The van der Waals surface area contributed by atoms with Crippen molar-refractivity contribution in [3.63, 3.8) is 0 Å². The van der Waals surface area contributed by atoms with Crippen LogP contribution < -0.4 is 5.32 Å². The molecule has 0 aromatic rings. The zero-order valence-electron chi connectivity index (χ0n) is 17.8.